The van der Waals surface area contributed by atoms with Gasteiger partial charge in [0.05, 0.1) is 37.7 Å². The summed E-state index contributed by atoms with van der Waals surface area (Å²) in [5, 5.41) is 5.78. The molecule has 1 fully saturated rings. The van der Waals surface area contributed by atoms with Crippen LogP contribution >= 0.6 is 11.3 Å². The van der Waals surface area contributed by atoms with Gasteiger partial charge in [-0.2, -0.15) is 0 Å². The van der Waals surface area contributed by atoms with E-state index in [1.165, 1.54) is 17.4 Å². The van der Waals surface area contributed by atoms with Crippen LogP contribution in [0.5, 0.6) is 11.5 Å². The van der Waals surface area contributed by atoms with Crippen molar-refractivity contribution in [1.29, 1.82) is 0 Å². The predicted molar refractivity (Wildman–Crippen MR) is 124 cm³/mol. The van der Waals surface area contributed by atoms with E-state index in [9.17, 15) is 9.18 Å². The highest BCUT2D eigenvalue weighted by Crippen LogP contribution is 2.32. The van der Waals surface area contributed by atoms with E-state index in [1.54, 1.807) is 26.4 Å². The molecule has 4 rings (SSSR count). The maximum absolute atomic E-state index is 14.0. The molecule has 3 aromatic rings. The van der Waals surface area contributed by atoms with Crippen molar-refractivity contribution in [1.82, 2.24) is 9.88 Å². The average molecular weight is 457 g/mol. The van der Waals surface area contributed by atoms with Gasteiger partial charge in [0, 0.05) is 37.6 Å². The van der Waals surface area contributed by atoms with E-state index < -0.39 is 0 Å². The number of hydrogen-bond acceptors (Lipinski definition) is 7. The van der Waals surface area contributed by atoms with E-state index in [-0.39, 0.29) is 18.1 Å². The summed E-state index contributed by atoms with van der Waals surface area (Å²) < 4.78 is 24.7. The van der Waals surface area contributed by atoms with Crippen LogP contribution in [0.2, 0.25) is 0 Å². The Morgan fingerprint density at radius 2 is 1.91 bits per heavy atom. The number of carbonyl (C=O) groups excluding carboxylic acids is 1. The molecule has 9 heteroatoms. The summed E-state index contributed by atoms with van der Waals surface area (Å²) in [6.07, 6.45) is 0.229. The normalized spacial score (nSPS) is 13.7. The van der Waals surface area contributed by atoms with Gasteiger partial charge in [0.15, 0.2) is 5.13 Å². The molecule has 0 saturated carbocycles. The summed E-state index contributed by atoms with van der Waals surface area (Å²) in [4.78, 5) is 21.1. The Labute approximate surface area is 190 Å². The number of carbonyl (C=O) groups is 1. The van der Waals surface area contributed by atoms with Crippen LogP contribution in [0, 0.1) is 5.82 Å². The zero-order chi connectivity index (χ0) is 22.5. The standard InChI is InChI=1S/C23H25FN4O3S/c1-30-17-7-8-21(31-2)19(14-17)26-23-25-16(15-32-23)13-22(29)28-11-9-27(10-12-28)20-6-4-3-5-18(20)24/h3-8,14-15H,9-13H2,1-2H3,(H,25,26). The van der Waals surface area contributed by atoms with Crippen LogP contribution in [-0.4, -0.2) is 56.2 Å². The molecule has 0 aliphatic carbocycles. The molecule has 2 heterocycles. The van der Waals surface area contributed by atoms with Crippen molar-refractivity contribution in [2.75, 3.05) is 50.6 Å². The molecule has 1 N–H and O–H groups in total. The number of benzene rings is 2. The van der Waals surface area contributed by atoms with Crippen molar-refractivity contribution >= 4 is 33.8 Å². The highest BCUT2D eigenvalue weighted by molar-refractivity contribution is 7.13. The van der Waals surface area contributed by atoms with E-state index in [0.717, 1.165) is 5.69 Å². The molecule has 1 amide bonds. The van der Waals surface area contributed by atoms with E-state index in [4.69, 9.17) is 9.47 Å². The van der Waals surface area contributed by atoms with E-state index in [0.29, 0.717) is 54.2 Å². The molecule has 1 saturated heterocycles. The van der Waals surface area contributed by atoms with Crippen molar-refractivity contribution in [3.8, 4) is 11.5 Å². The van der Waals surface area contributed by atoms with Crippen LogP contribution in [0.4, 0.5) is 20.9 Å². The van der Waals surface area contributed by atoms with E-state index in [2.05, 4.69) is 10.3 Å². The zero-order valence-electron chi connectivity index (χ0n) is 18.0. The van der Waals surface area contributed by atoms with Crippen molar-refractivity contribution in [2.45, 2.75) is 6.42 Å². The molecule has 2 aromatic carbocycles. The largest absolute Gasteiger partial charge is 0.497 e. The summed E-state index contributed by atoms with van der Waals surface area (Å²) in [6.45, 7) is 2.32. The van der Waals surface area contributed by atoms with Crippen LogP contribution < -0.4 is 19.7 Å². The van der Waals surface area contributed by atoms with Gasteiger partial charge in [0.25, 0.3) is 0 Å². The lowest BCUT2D eigenvalue weighted by atomic mass is 10.2. The number of ether oxygens (including phenoxy) is 2. The number of methoxy groups -OCH3 is 2. The second-order valence-electron chi connectivity index (χ2n) is 7.33. The first-order valence-corrected chi connectivity index (χ1v) is 11.2. The smallest absolute Gasteiger partial charge is 0.228 e. The number of anilines is 3. The summed E-state index contributed by atoms with van der Waals surface area (Å²) in [7, 11) is 3.21. The van der Waals surface area contributed by atoms with Gasteiger partial charge in [-0.05, 0) is 24.3 Å². The lowest BCUT2D eigenvalue weighted by Gasteiger charge is -2.36. The molecule has 1 aliphatic heterocycles. The highest BCUT2D eigenvalue weighted by atomic mass is 32.1. The number of para-hydroxylation sites is 1. The van der Waals surface area contributed by atoms with Crippen molar-refractivity contribution < 1.29 is 18.7 Å². The molecule has 168 valence electrons. The SMILES string of the molecule is COc1ccc(OC)c(Nc2nc(CC(=O)N3CCN(c4ccccc4F)CC3)cs2)c1. The van der Waals surface area contributed by atoms with Crippen LogP contribution in [0.25, 0.3) is 0 Å². The molecule has 32 heavy (non-hydrogen) atoms. The van der Waals surface area contributed by atoms with Crippen molar-refractivity contribution in [3.05, 3.63) is 59.4 Å². The number of halogens is 1. The Morgan fingerprint density at radius 1 is 1.12 bits per heavy atom. The van der Waals surface area contributed by atoms with Gasteiger partial charge in [0.1, 0.15) is 17.3 Å². The molecular weight excluding hydrogens is 431 g/mol. The number of rotatable bonds is 7. The fourth-order valence-corrected chi connectivity index (χ4v) is 4.37. The second-order valence-corrected chi connectivity index (χ2v) is 8.19. The number of amides is 1. The van der Waals surface area contributed by atoms with Gasteiger partial charge in [-0.3, -0.25) is 4.79 Å². The van der Waals surface area contributed by atoms with Crippen LogP contribution in [0.1, 0.15) is 5.69 Å². The predicted octanol–water partition coefficient (Wildman–Crippen LogP) is 3.93. The number of nitrogens with one attached hydrogen (secondary N) is 1. The Balaban J connectivity index is 1.34. The third kappa shape index (κ3) is 4.94. The lowest BCUT2D eigenvalue weighted by Crippen LogP contribution is -2.49. The van der Waals surface area contributed by atoms with Gasteiger partial charge < -0.3 is 24.6 Å². The number of hydrogen-bond donors (Lipinski definition) is 1. The number of thiazole rings is 1. The van der Waals surface area contributed by atoms with Gasteiger partial charge >= 0.3 is 0 Å². The molecular formula is C23H25FN4O3S. The molecule has 0 unspecified atom stereocenters. The topological polar surface area (TPSA) is 66.9 Å². The Bertz CT molecular complexity index is 1080. The van der Waals surface area contributed by atoms with Gasteiger partial charge in [-0.1, -0.05) is 12.1 Å². The third-order valence-electron chi connectivity index (χ3n) is 5.36. The summed E-state index contributed by atoms with van der Waals surface area (Å²) >= 11 is 1.43. The van der Waals surface area contributed by atoms with Crippen LogP contribution in [-0.2, 0) is 11.2 Å². The minimum Gasteiger partial charge on any atom is -0.497 e. The molecule has 0 atom stereocenters. The average Bonchev–Trinajstić information content (AvgIpc) is 3.26. The number of piperazine rings is 1. The minimum atomic E-state index is -0.234. The van der Waals surface area contributed by atoms with Gasteiger partial charge in [-0.25, -0.2) is 9.37 Å². The lowest BCUT2D eigenvalue weighted by molar-refractivity contribution is -0.130. The fraction of sp³-hybridized carbons (Fsp3) is 0.304. The third-order valence-corrected chi connectivity index (χ3v) is 6.16. The fourth-order valence-electron chi connectivity index (χ4n) is 3.64. The Morgan fingerprint density at radius 3 is 2.62 bits per heavy atom. The first-order valence-electron chi connectivity index (χ1n) is 10.3. The second kappa shape index (κ2) is 9.86. The number of aromatic nitrogens is 1. The van der Waals surface area contributed by atoms with Crippen molar-refractivity contribution in [3.63, 3.8) is 0 Å². The van der Waals surface area contributed by atoms with Crippen LogP contribution in [0.3, 0.4) is 0 Å². The Kier molecular flexibility index (Phi) is 6.75. The molecule has 1 aliphatic rings. The summed E-state index contributed by atoms with van der Waals surface area (Å²) in [5.74, 6) is 1.16. The maximum Gasteiger partial charge on any atom is 0.228 e. The first-order chi connectivity index (χ1) is 15.6. The van der Waals surface area contributed by atoms with Gasteiger partial charge in [-0.15, -0.1) is 11.3 Å². The minimum absolute atomic E-state index is 0.0222. The zero-order valence-corrected chi connectivity index (χ0v) is 18.8. The molecule has 0 bridgehead atoms. The highest BCUT2D eigenvalue weighted by Gasteiger charge is 2.23. The van der Waals surface area contributed by atoms with Crippen molar-refractivity contribution in [2.24, 2.45) is 0 Å². The summed E-state index contributed by atoms with van der Waals surface area (Å²) in [6, 6.07) is 12.2. The number of nitrogens with zero attached hydrogens (tertiary/aromatic N) is 3. The molecule has 1 aromatic heterocycles. The summed E-state index contributed by atoms with van der Waals surface area (Å²) in [5.41, 5.74) is 2.03. The first kappa shape index (κ1) is 21.9. The maximum atomic E-state index is 14.0. The molecule has 0 spiro atoms. The van der Waals surface area contributed by atoms with Crippen LogP contribution in [0.15, 0.2) is 47.8 Å². The molecule has 0 radical (unpaired) electrons. The van der Waals surface area contributed by atoms with E-state index >= 15 is 0 Å². The quantitative estimate of drug-likeness (QED) is 0.581. The van der Waals surface area contributed by atoms with Gasteiger partial charge in [0.2, 0.25) is 5.91 Å². The molecule has 7 nitrogen and oxygen atoms in total. The Hall–Kier alpha value is -3.33. The monoisotopic (exact) mass is 456 g/mol. The van der Waals surface area contributed by atoms with E-state index in [1.807, 2.05) is 39.4 Å².